The summed E-state index contributed by atoms with van der Waals surface area (Å²) in [7, 11) is 0. The Balaban J connectivity index is 1.35. The Hall–Kier alpha value is -2.67. The maximum Gasteiger partial charge on any atom is 0.329 e. The number of amides is 3. The highest BCUT2D eigenvalue weighted by atomic mass is 35.5. The fourth-order valence-electron chi connectivity index (χ4n) is 4.60. The molecule has 0 radical (unpaired) electrons. The fourth-order valence-corrected chi connectivity index (χ4v) is 4.77. The summed E-state index contributed by atoms with van der Waals surface area (Å²) >= 11 is 6.02. The number of carbonyl (C=O) groups excluding carboxylic acids is 4. The van der Waals surface area contributed by atoms with Crippen molar-refractivity contribution in [2.45, 2.75) is 26.3 Å². The Bertz CT molecular complexity index is 913. The first-order valence-corrected chi connectivity index (χ1v) is 9.94. The van der Waals surface area contributed by atoms with Crippen molar-refractivity contribution in [1.29, 1.82) is 0 Å². The molecule has 1 aliphatic heterocycles. The van der Waals surface area contributed by atoms with E-state index >= 15 is 0 Å². The van der Waals surface area contributed by atoms with Crippen LogP contribution in [-0.4, -0.2) is 41.2 Å². The Labute approximate surface area is 173 Å². The lowest BCUT2D eigenvalue weighted by Gasteiger charge is -2.23. The van der Waals surface area contributed by atoms with Gasteiger partial charge in [-0.2, -0.15) is 0 Å². The Kier molecular flexibility index (Phi) is 4.94. The third kappa shape index (κ3) is 3.23. The molecule has 7 nitrogen and oxygen atoms in total. The van der Waals surface area contributed by atoms with Crippen LogP contribution in [0.25, 0.3) is 0 Å². The number of fused-ring (bicyclic) bond motifs is 5. The maximum atomic E-state index is 12.8. The summed E-state index contributed by atoms with van der Waals surface area (Å²) in [6.45, 7) is 2.69. The molecule has 5 atom stereocenters. The minimum Gasteiger partial charge on any atom is -0.454 e. The van der Waals surface area contributed by atoms with E-state index < -0.39 is 24.5 Å². The summed E-state index contributed by atoms with van der Waals surface area (Å²) in [4.78, 5) is 51.1. The van der Waals surface area contributed by atoms with E-state index in [-0.39, 0.29) is 35.5 Å². The number of anilines is 1. The van der Waals surface area contributed by atoms with Crippen molar-refractivity contribution in [2.24, 2.45) is 23.7 Å². The van der Waals surface area contributed by atoms with Gasteiger partial charge < -0.3 is 10.1 Å². The number of esters is 1. The molecule has 8 heteroatoms. The number of imide groups is 1. The molecule has 0 spiro atoms. The van der Waals surface area contributed by atoms with Crippen LogP contribution in [0.2, 0.25) is 5.02 Å². The van der Waals surface area contributed by atoms with Gasteiger partial charge in [0.1, 0.15) is 6.04 Å². The topological polar surface area (TPSA) is 92.8 Å². The summed E-state index contributed by atoms with van der Waals surface area (Å²) in [6.07, 6.45) is 4.81. The molecular weight excluding hydrogens is 396 g/mol. The zero-order valence-corrected chi connectivity index (χ0v) is 16.8. The van der Waals surface area contributed by atoms with Crippen molar-refractivity contribution in [1.82, 2.24) is 4.90 Å². The van der Waals surface area contributed by atoms with Crippen molar-refractivity contribution in [3.8, 4) is 0 Å². The smallest absolute Gasteiger partial charge is 0.329 e. The van der Waals surface area contributed by atoms with Gasteiger partial charge in [0.25, 0.3) is 5.91 Å². The third-order valence-corrected chi connectivity index (χ3v) is 6.53. The Morgan fingerprint density at radius 2 is 1.83 bits per heavy atom. The van der Waals surface area contributed by atoms with Crippen LogP contribution < -0.4 is 5.32 Å². The molecule has 2 fully saturated rings. The van der Waals surface area contributed by atoms with Crippen molar-refractivity contribution in [3.63, 3.8) is 0 Å². The third-order valence-electron chi connectivity index (χ3n) is 6.12. The highest BCUT2D eigenvalue weighted by Gasteiger charge is 2.60. The lowest BCUT2D eigenvalue weighted by atomic mass is 9.85. The molecule has 0 unspecified atom stereocenters. The van der Waals surface area contributed by atoms with Gasteiger partial charge in [0, 0.05) is 10.7 Å². The van der Waals surface area contributed by atoms with E-state index in [1.54, 1.807) is 25.1 Å². The summed E-state index contributed by atoms with van der Waals surface area (Å²) < 4.78 is 5.06. The number of allylic oxidation sites excluding steroid dienone is 2. The highest BCUT2D eigenvalue weighted by Crippen LogP contribution is 2.52. The summed E-state index contributed by atoms with van der Waals surface area (Å²) in [6, 6.07) is 4.02. The molecule has 152 valence electrons. The summed E-state index contributed by atoms with van der Waals surface area (Å²) in [5.74, 6) is -2.56. The monoisotopic (exact) mass is 416 g/mol. The van der Waals surface area contributed by atoms with E-state index in [1.165, 1.54) is 6.92 Å². The minimum atomic E-state index is -1.07. The number of halogens is 1. The number of ether oxygens (including phenoxy) is 1. The first kappa shape index (κ1) is 19.6. The van der Waals surface area contributed by atoms with Gasteiger partial charge in [-0.15, -0.1) is 0 Å². The number of hydrogen-bond acceptors (Lipinski definition) is 5. The SMILES string of the molecule is Cc1c(Cl)cccc1NC(=O)COC(=O)[C@@H](C)N1C(=O)[C@@H]2[C@H](C1=O)[C@H]1C=C[C@H]2C1. The van der Waals surface area contributed by atoms with Crippen LogP contribution in [0.1, 0.15) is 18.9 Å². The minimum absolute atomic E-state index is 0.0707. The normalized spacial score (nSPS) is 27.9. The molecule has 2 bridgehead atoms. The van der Waals surface area contributed by atoms with E-state index in [0.29, 0.717) is 16.3 Å². The molecule has 0 aromatic heterocycles. The van der Waals surface area contributed by atoms with Crippen LogP contribution in [0.3, 0.4) is 0 Å². The summed E-state index contributed by atoms with van der Waals surface area (Å²) in [5, 5.41) is 3.14. The molecule has 3 aliphatic rings. The largest absolute Gasteiger partial charge is 0.454 e. The van der Waals surface area contributed by atoms with Crippen molar-refractivity contribution in [3.05, 3.63) is 40.9 Å². The van der Waals surface area contributed by atoms with E-state index in [9.17, 15) is 19.2 Å². The van der Waals surface area contributed by atoms with Crippen LogP contribution in [-0.2, 0) is 23.9 Å². The standard InChI is InChI=1S/C21H21ClN2O5/c1-10-14(22)4-3-5-15(10)23-16(25)9-29-21(28)11(2)24-19(26)17-12-6-7-13(8-12)18(17)20(24)27/h3-7,11-13,17-18H,8-9H2,1-2H3,(H,23,25)/t11-,12+,13+,17-,18+/m1/s1. The fraction of sp³-hybridized carbons (Fsp3) is 0.429. The average Bonchev–Trinajstić information content (AvgIpc) is 3.37. The van der Waals surface area contributed by atoms with Gasteiger partial charge in [0.2, 0.25) is 11.8 Å². The van der Waals surface area contributed by atoms with Crippen LogP contribution in [0.5, 0.6) is 0 Å². The first-order chi connectivity index (χ1) is 13.8. The van der Waals surface area contributed by atoms with E-state index in [1.807, 2.05) is 12.2 Å². The van der Waals surface area contributed by atoms with E-state index in [4.69, 9.17) is 16.3 Å². The quantitative estimate of drug-likeness (QED) is 0.451. The second-order valence-corrected chi connectivity index (χ2v) is 8.20. The number of benzene rings is 1. The van der Waals surface area contributed by atoms with Crippen LogP contribution in [0, 0.1) is 30.6 Å². The molecule has 1 heterocycles. The average molecular weight is 417 g/mol. The van der Waals surface area contributed by atoms with Gasteiger partial charge >= 0.3 is 5.97 Å². The van der Waals surface area contributed by atoms with Gasteiger partial charge in [0.05, 0.1) is 11.8 Å². The van der Waals surface area contributed by atoms with Crippen LogP contribution >= 0.6 is 11.6 Å². The van der Waals surface area contributed by atoms with Crippen molar-refractivity contribution < 1.29 is 23.9 Å². The molecule has 1 aromatic carbocycles. The summed E-state index contributed by atoms with van der Waals surface area (Å²) in [5.41, 5.74) is 1.22. The first-order valence-electron chi connectivity index (χ1n) is 9.56. The van der Waals surface area contributed by atoms with Crippen molar-refractivity contribution in [2.75, 3.05) is 11.9 Å². The molecule has 29 heavy (non-hydrogen) atoms. The zero-order valence-electron chi connectivity index (χ0n) is 16.1. The second-order valence-electron chi connectivity index (χ2n) is 7.79. The van der Waals surface area contributed by atoms with Crippen molar-refractivity contribution >= 4 is 41.0 Å². The number of likely N-dealkylation sites (tertiary alicyclic amines) is 1. The van der Waals surface area contributed by atoms with E-state index in [0.717, 1.165) is 11.3 Å². The highest BCUT2D eigenvalue weighted by molar-refractivity contribution is 6.31. The molecule has 1 N–H and O–H groups in total. The van der Waals surface area contributed by atoms with Crippen LogP contribution in [0.4, 0.5) is 5.69 Å². The van der Waals surface area contributed by atoms with Crippen LogP contribution in [0.15, 0.2) is 30.4 Å². The second kappa shape index (κ2) is 7.30. The van der Waals surface area contributed by atoms with Gasteiger partial charge in [-0.05, 0) is 49.8 Å². The molecule has 1 saturated heterocycles. The lowest BCUT2D eigenvalue weighted by Crippen LogP contribution is -2.45. The van der Waals surface area contributed by atoms with Gasteiger partial charge in [-0.25, -0.2) is 4.79 Å². The maximum absolute atomic E-state index is 12.8. The predicted octanol–water partition coefficient (Wildman–Crippen LogP) is 2.33. The Morgan fingerprint density at radius 3 is 2.45 bits per heavy atom. The molecule has 1 aromatic rings. The predicted molar refractivity (Wildman–Crippen MR) is 105 cm³/mol. The molecule has 1 saturated carbocycles. The molecule has 4 rings (SSSR count). The number of nitrogens with one attached hydrogen (secondary N) is 1. The number of hydrogen-bond donors (Lipinski definition) is 1. The molecule has 3 amide bonds. The number of nitrogens with zero attached hydrogens (tertiary/aromatic N) is 1. The number of rotatable bonds is 5. The lowest BCUT2D eigenvalue weighted by molar-refractivity contribution is -0.159. The molecular formula is C21H21ClN2O5. The molecule has 2 aliphatic carbocycles. The van der Waals surface area contributed by atoms with Gasteiger partial charge in [-0.3, -0.25) is 19.3 Å². The van der Waals surface area contributed by atoms with Gasteiger partial charge in [0.15, 0.2) is 6.61 Å². The van der Waals surface area contributed by atoms with Gasteiger partial charge in [-0.1, -0.05) is 29.8 Å². The zero-order chi connectivity index (χ0) is 20.9. The van der Waals surface area contributed by atoms with E-state index in [2.05, 4.69) is 5.32 Å². The number of carbonyl (C=O) groups is 4. The Morgan fingerprint density at radius 1 is 1.21 bits per heavy atom.